The summed E-state index contributed by atoms with van der Waals surface area (Å²) in [5.74, 6) is -0.560. The number of ether oxygens (including phenoxy) is 1. The van der Waals surface area contributed by atoms with Crippen LogP contribution in [0.4, 0.5) is 5.69 Å². The molecule has 6 rings (SSSR count). The molecule has 0 atom stereocenters. The predicted octanol–water partition coefficient (Wildman–Crippen LogP) is 5.28. The van der Waals surface area contributed by atoms with E-state index in [0.717, 1.165) is 34.8 Å². The molecule has 0 amide bonds. The molecule has 1 aliphatic rings. The topological polar surface area (TPSA) is 120 Å². The molecule has 1 saturated heterocycles. The third-order valence-corrected chi connectivity index (χ3v) is 9.32. The summed E-state index contributed by atoms with van der Waals surface area (Å²) in [7, 11) is -3.68. The van der Waals surface area contributed by atoms with E-state index in [9.17, 15) is 13.2 Å². The van der Waals surface area contributed by atoms with Crippen LogP contribution in [-0.2, 0) is 33.6 Å². The molecule has 44 heavy (non-hydrogen) atoms. The second-order valence-corrected chi connectivity index (χ2v) is 13.0. The van der Waals surface area contributed by atoms with E-state index in [4.69, 9.17) is 15.5 Å². The number of anilines is 1. The Morgan fingerprint density at radius 2 is 1.68 bits per heavy atom. The molecule has 0 aliphatic carbocycles. The first-order chi connectivity index (χ1) is 21.4. The minimum atomic E-state index is -3.68. The van der Waals surface area contributed by atoms with Crippen molar-refractivity contribution in [2.75, 3.05) is 31.0 Å². The third-order valence-electron chi connectivity index (χ3n) is 8.06. The molecular formula is C34H37N5O4S. The van der Waals surface area contributed by atoms with Crippen LogP contribution in [0, 0.1) is 0 Å². The maximum Gasteiger partial charge on any atom is 0.355 e. The lowest BCUT2D eigenvalue weighted by Gasteiger charge is -2.25. The van der Waals surface area contributed by atoms with Gasteiger partial charge in [0.1, 0.15) is 17.9 Å². The monoisotopic (exact) mass is 611 g/mol. The van der Waals surface area contributed by atoms with Gasteiger partial charge in [0, 0.05) is 24.2 Å². The summed E-state index contributed by atoms with van der Waals surface area (Å²) in [6, 6.07) is 26.1. The van der Waals surface area contributed by atoms with E-state index in [1.807, 2.05) is 71.3 Å². The summed E-state index contributed by atoms with van der Waals surface area (Å²) in [5.41, 5.74) is 9.62. The number of rotatable bonds is 11. The molecule has 5 aromatic rings. The van der Waals surface area contributed by atoms with E-state index in [1.54, 1.807) is 18.2 Å². The fourth-order valence-corrected chi connectivity index (χ4v) is 7.07. The number of benzene rings is 3. The largest absolute Gasteiger partial charge is 0.460 e. The standard InChI is InChI=1S/C34H37N5O4S/c35-22-29-14-13-27-21-32(34(40)43-18-17-38-15-7-2-8-16-38)39(33(27)36-29)23-28-20-30(19-26-11-5-6-12-31(26)28)37-44(41,42)24-25-9-3-1-4-10-25/h1,3-6,9-14,19-21,37H,2,7-8,15-18,22-24,35H2. The first kappa shape index (κ1) is 29.8. The van der Waals surface area contributed by atoms with Gasteiger partial charge in [-0.25, -0.2) is 18.2 Å². The number of likely N-dealkylation sites (tertiary alicyclic amines) is 1. The number of pyridine rings is 1. The normalized spacial score (nSPS) is 14.2. The van der Waals surface area contributed by atoms with E-state index in [0.29, 0.717) is 41.4 Å². The molecule has 1 aliphatic heterocycles. The number of carbonyl (C=O) groups is 1. The second-order valence-electron chi connectivity index (χ2n) is 11.3. The van der Waals surface area contributed by atoms with E-state index in [2.05, 4.69) is 9.62 Å². The lowest BCUT2D eigenvalue weighted by atomic mass is 10.0. The number of hydrogen-bond donors (Lipinski definition) is 2. The first-order valence-electron chi connectivity index (χ1n) is 15.0. The molecule has 2 aromatic heterocycles. The van der Waals surface area contributed by atoms with Crippen LogP contribution in [0.2, 0.25) is 0 Å². The van der Waals surface area contributed by atoms with Crippen molar-refractivity contribution in [1.29, 1.82) is 0 Å². The van der Waals surface area contributed by atoms with Crippen molar-refractivity contribution in [2.45, 2.75) is 38.1 Å². The van der Waals surface area contributed by atoms with E-state index >= 15 is 0 Å². The Morgan fingerprint density at radius 1 is 0.909 bits per heavy atom. The van der Waals surface area contributed by atoms with Gasteiger partial charge in [-0.05, 0) is 78.2 Å². The highest BCUT2D eigenvalue weighted by atomic mass is 32.2. The summed E-state index contributed by atoms with van der Waals surface area (Å²) >= 11 is 0. The smallest absolute Gasteiger partial charge is 0.355 e. The molecule has 0 spiro atoms. The Bertz CT molecular complexity index is 1880. The van der Waals surface area contributed by atoms with Crippen molar-refractivity contribution in [3.8, 4) is 0 Å². The number of esters is 1. The van der Waals surface area contributed by atoms with Crippen LogP contribution in [-0.4, -0.2) is 55.1 Å². The van der Waals surface area contributed by atoms with Crippen molar-refractivity contribution < 1.29 is 17.9 Å². The molecule has 0 unspecified atom stereocenters. The maximum atomic E-state index is 13.5. The SMILES string of the molecule is NCc1ccc2cc(C(=O)OCCN3CCCCC3)n(Cc3cc(NS(=O)(=O)Cc4ccccc4)cc4ccccc34)c2n1. The minimum Gasteiger partial charge on any atom is -0.460 e. The Morgan fingerprint density at radius 3 is 2.48 bits per heavy atom. The summed E-state index contributed by atoms with van der Waals surface area (Å²) in [6.07, 6.45) is 3.60. The number of fused-ring (bicyclic) bond motifs is 2. The molecule has 3 aromatic carbocycles. The Balaban J connectivity index is 1.33. The number of piperidine rings is 1. The van der Waals surface area contributed by atoms with Gasteiger partial charge in [-0.15, -0.1) is 0 Å². The molecule has 0 saturated carbocycles. The average molecular weight is 612 g/mol. The van der Waals surface area contributed by atoms with E-state index in [1.165, 1.54) is 19.3 Å². The predicted molar refractivity (Wildman–Crippen MR) is 174 cm³/mol. The molecular weight excluding hydrogens is 574 g/mol. The number of nitrogens with one attached hydrogen (secondary N) is 1. The van der Waals surface area contributed by atoms with Gasteiger partial charge in [0.25, 0.3) is 0 Å². The van der Waals surface area contributed by atoms with Crippen LogP contribution in [0.25, 0.3) is 21.8 Å². The Labute approximate surface area is 257 Å². The van der Waals surface area contributed by atoms with Crippen molar-refractivity contribution in [3.05, 3.63) is 107 Å². The van der Waals surface area contributed by atoms with Gasteiger partial charge in [-0.1, -0.05) is 61.0 Å². The van der Waals surface area contributed by atoms with Crippen LogP contribution in [0.15, 0.2) is 84.9 Å². The molecule has 10 heteroatoms. The zero-order valence-electron chi connectivity index (χ0n) is 24.6. The minimum absolute atomic E-state index is 0.141. The van der Waals surface area contributed by atoms with E-state index in [-0.39, 0.29) is 18.8 Å². The van der Waals surface area contributed by atoms with Gasteiger partial charge in [0.05, 0.1) is 18.0 Å². The zero-order chi connectivity index (χ0) is 30.5. The van der Waals surface area contributed by atoms with Gasteiger partial charge >= 0.3 is 5.97 Å². The summed E-state index contributed by atoms with van der Waals surface area (Å²) in [4.78, 5) is 20.6. The number of nitrogens with two attached hydrogens (primary N) is 1. The van der Waals surface area contributed by atoms with Gasteiger partial charge < -0.3 is 15.0 Å². The van der Waals surface area contributed by atoms with Gasteiger partial charge in [-0.3, -0.25) is 9.62 Å². The summed E-state index contributed by atoms with van der Waals surface area (Å²) in [6.45, 7) is 3.61. The van der Waals surface area contributed by atoms with Gasteiger partial charge in [-0.2, -0.15) is 0 Å². The Hall–Kier alpha value is -4.25. The highest BCUT2D eigenvalue weighted by molar-refractivity contribution is 7.91. The molecule has 9 nitrogen and oxygen atoms in total. The zero-order valence-corrected chi connectivity index (χ0v) is 25.4. The molecule has 1 fully saturated rings. The fourth-order valence-electron chi connectivity index (χ4n) is 5.89. The van der Waals surface area contributed by atoms with Gasteiger partial charge in [0.2, 0.25) is 10.0 Å². The third kappa shape index (κ3) is 6.93. The number of carbonyl (C=O) groups excluding carboxylic acids is 1. The quantitative estimate of drug-likeness (QED) is 0.195. The van der Waals surface area contributed by atoms with Crippen LogP contribution in [0.3, 0.4) is 0 Å². The van der Waals surface area contributed by atoms with Crippen molar-refractivity contribution in [2.24, 2.45) is 5.73 Å². The number of sulfonamides is 1. The number of nitrogens with zero attached hydrogens (tertiary/aromatic N) is 3. The van der Waals surface area contributed by atoms with Crippen molar-refractivity contribution in [3.63, 3.8) is 0 Å². The molecule has 228 valence electrons. The van der Waals surface area contributed by atoms with Crippen LogP contribution < -0.4 is 10.5 Å². The second kappa shape index (κ2) is 13.2. The maximum absolute atomic E-state index is 13.5. The molecule has 3 heterocycles. The molecule has 0 radical (unpaired) electrons. The van der Waals surface area contributed by atoms with Crippen molar-refractivity contribution >= 4 is 43.5 Å². The van der Waals surface area contributed by atoms with Crippen LogP contribution >= 0.6 is 0 Å². The number of hydrogen-bond acceptors (Lipinski definition) is 7. The first-order valence-corrected chi connectivity index (χ1v) is 16.7. The van der Waals surface area contributed by atoms with Gasteiger partial charge in [0.15, 0.2) is 0 Å². The Kier molecular flexibility index (Phi) is 8.92. The molecule has 3 N–H and O–H groups in total. The summed E-state index contributed by atoms with van der Waals surface area (Å²) < 4.78 is 36.7. The highest BCUT2D eigenvalue weighted by Crippen LogP contribution is 2.29. The summed E-state index contributed by atoms with van der Waals surface area (Å²) in [5, 5.41) is 2.62. The molecule has 0 bridgehead atoms. The fraction of sp³-hybridized carbons (Fsp3) is 0.294. The van der Waals surface area contributed by atoms with E-state index < -0.39 is 16.0 Å². The van der Waals surface area contributed by atoms with Crippen LogP contribution in [0.1, 0.15) is 46.6 Å². The lowest BCUT2D eigenvalue weighted by Crippen LogP contribution is -2.33. The average Bonchev–Trinajstić information content (AvgIpc) is 3.39. The van der Waals surface area contributed by atoms with Crippen molar-refractivity contribution in [1.82, 2.24) is 14.5 Å². The lowest BCUT2D eigenvalue weighted by molar-refractivity contribution is 0.0441. The van der Waals surface area contributed by atoms with Crippen LogP contribution in [0.5, 0.6) is 0 Å². The number of aromatic nitrogens is 2. The highest BCUT2D eigenvalue weighted by Gasteiger charge is 2.21.